The van der Waals surface area contributed by atoms with Crippen molar-refractivity contribution in [3.63, 3.8) is 0 Å². The van der Waals surface area contributed by atoms with Gasteiger partial charge in [0.05, 0.1) is 0 Å². The average molecular weight is 301 g/mol. The maximum absolute atomic E-state index is 4.36. The van der Waals surface area contributed by atoms with Crippen LogP contribution in [0.3, 0.4) is 0 Å². The number of likely N-dealkylation sites (N-methyl/N-ethyl adjacent to an activating group) is 1. The van der Waals surface area contributed by atoms with E-state index in [1.54, 1.807) is 0 Å². The normalized spacial score (nSPS) is 12.8. The Morgan fingerprint density at radius 3 is 2.53 bits per heavy atom. The Morgan fingerprint density at radius 1 is 1.35 bits per heavy atom. The molecule has 1 heterocycles. The lowest BCUT2D eigenvalue weighted by atomic mass is 10.3. The smallest absolute Gasteiger partial charge is 0.131 e. The Kier molecular flexibility index (Phi) is 5.85. The van der Waals surface area contributed by atoms with E-state index in [0.29, 0.717) is 6.04 Å². The van der Waals surface area contributed by atoms with E-state index in [9.17, 15) is 0 Å². The van der Waals surface area contributed by atoms with E-state index in [4.69, 9.17) is 0 Å². The van der Waals surface area contributed by atoms with E-state index >= 15 is 0 Å². The van der Waals surface area contributed by atoms with Crippen LogP contribution in [-0.2, 0) is 0 Å². The molecule has 0 amide bonds. The van der Waals surface area contributed by atoms with Gasteiger partial charge in [-0.15, -0.1) is 0 Å². The number of hydrogen-bond acceptors (Lipinski definition) is 4. The zero-order chi connectivity index (χ0) is 12.8. The summed E-state index contributed by atoms with van der Waals surface area (Å²) in [6.07, 6.45) is 0. The molecular weight excluding hydrogens is 280 g/mol. The monoisotopic (exact) mass is 300 g/mol. The molecule has 1 unspecified atom stereocenters. The van der Waals surface area contributed by atoms with Crippen LogP contribution in [0.1, 0.15) is 26.6 Å². The lowest BCUT2D eigenvalue weighted by Crippen LogP contribution is -2.35. The molecule has 0 saturated heterocycles. The molecule has 0 fully saturated rings. The van der Waals surface area contributed by atoms with E-state index in [1.807, 2.05) is 13.0 Å². The number of rotatable bonds is 6. The topological polar surface area (TPSA) is 41.0 Å². The highest BCUT2D eigenvalue weighted by atomic mass is 79.9. The number of hydrogen-bond donors (Lipinski definition) is 1. The Hall–Kier alpha value is -0.680. The minimum Gasteiger partial charge on any atom is -0.366 e. The quantitative estimate of drug-likeness (QED) is 0.820. The standard InChI is InChI=1S/C12H21BrN4/c1-5-17(6-2)8-9(3)14-12-7-11(13)15-10(4)16-12/h7,9H,5-6,8H2,1-4H3,(H,14,15,16). The Bertz CT molecular complexity index is 332. The summed E-state index contributed by atoms with van der Waals surface area (Å²) in [4.78, 5) is 10.9. The second-order valence-electron chi connectivity index (χ2n) is 4.15. The van der Waals surface area contributed by atoms with Crippen LogP contribution in [-0.4, -0.2) is 40.5 Å². The third-order valence-corrected chi connectivity index (χ3v) is 3.03. The van der Waals surface area contributed by atoms with Gasteiger partial charge in [-0.1, -0.05) is 13.8 Å². The molecule has 1 N–H and O–H groups in total. The molecule has 1 atom stereocenters. The molecule has 0 saturated carbocycles. The molecule has 0 aliphatic carbocycles. The first-order valence-electron chi connectivity index (χ1n) is 6.05. The lowest BCUT2D eigenvalue weighted by Gasteiger charge is -2.23. The van der Waals surface area contributed by atoms with Gasteiger partial charge >= 0.3 is 0 Å². The van der Waals surface area contributed by atoms with Crippen molar-refractivity contribution in [2.24, 2.45) is 0 Å². The van der Waals surface area contributed by atoms with E-state index in [1.165, 1.54) is 0 Å². The molecular formula is C12H21BrN4. The third-order valence-electron chi connectivity index (χ3n) is 2.63. The molecule has 0 spiro atoms. The van der Waals surface area contributed by atoms with Crippen molar-refractivity contribution in [1.82, 2.24) is 14.9 Å². The van der Waals surface area contributed by atoms with Crippen LogP contribution >= 0.6 is 15.9 Å². The number of nitrogens with one attached hydrogen (secondary N) is 1. The molecule has 4 nitrogen and oxygen atoms in total. The van der Waals surface area contributed by atoms with Gasteiger partial charge in [0.15, 0.2) is 0 Å². The van der Waals surface area contributed by atoms with Gasteiger partial charge in [0, 0.05) is 18.7 Å². The minimum absolute atomic E-state index is 0.371. The summed E-state index contributed by atoms with van der Waals surface area (Å²) in [5, 5.41) is 3.40. The number of anilines is 1. The number of aromatic nitrogens is 2. The fraction of sp³-hybridized carbons (Fsp3) is 0.667. The summed E-state index contributed by atoms with van der Waals surface area (Å²) in [6.45, 7) is 11.6. The number of nitrogens with zero attached hydrogens (tertiary/aromatic N) is 3. The van der Waals surface area contributed by atoms with Crippen molar-refractivity contribution in [2.45, 2.75) is 33.7 Å². The summed E-state index contributed by atoms with van der Waals surface area (Å²) in [6, 6.07) is 2.28. The molecule has 0 aliphatic rings. The summed E-state index contributed by atoms with van der Waals surface area (Å²) >= 11 is 3.38. The molecule has 0 aromatic carbocycles. The second kappa shape index (κ2) is 6.91. The number of halogens is 1. The van der Waals surface area contributed by atoms with Gasteiger partial charge in [-0.05, 0) is 42.9 Å². The van der Waals surface area contributed by atoms with Crippen molar-refractivity contribution in [3.05, 3.63) is 16.5 Å². The first-order chi connectivity index (χ1) is 8.05. The summed E-state index contributed by atoms with van der Waals surface area (Å²) in [5.74, 6) is 1.65. The van der Waals surface area contributed by atoms with E-state index < -0.39 is 0 Å². The maximum Gasteiger partial charge on any atom is 0.131 e. The van der Waals surface area contributed by atoms with Gasteiger partial charge in [0.1, 0.15) is 16.2 Å². The van der Waals surface area contributed by atoms with Gasteiger partial charge in [0.25, 0.3) is 0 Å². The van der Waals surface area contributed by atoms with E-state index in [-0.39, 0.29) is 0 Å². The van der Waals surface area contributed by atoms with Crippen LogP contribution in [0.25, 0.3) is 0 Å². The van der Waals surface area contributed by atoms with Crippen molar-refractivity contribution in [3.8, 4) is 0 Å². The van der Waals surface area contributed by atoms with Gasteiger partial charge in [-0.2, -0.15) is 0 Å². The largest absolute Gasteiger partial charge is 0.366 e. The van der Waals surface area contributed by atoms with Gasteiger partial charge in [-0.25, -0.2) is 9.97 Å². The van der Waals surface area contributed by atoms with Crippen LogP contribution in [0.5, 0.6) is 0 Å². The van der Waals surface area contributed by atoms with Crippen molar-refractivity contribution in [2.75, 3.05) is 25.0 Å². The fourth-order valence-electron chi connectivity index (χ4n) is 1.77. The third kappa shape index (κ3) is 5.00. The highest BCUT2D eigenvalue weighted by Gasteiger charge is 2.08. The first-order valence-corrected chi connectivity index (χ1v) is 6.84. The molecule has 0 radical (unpaired) electrons. The molecule has 17 heavy (non-hydrogen) atoms. The number of aryl methyl sites for hydroxylation is 1. The fourth-order valence-corrected chi connectivity index (χ4v) is 2.25. The summed E-state index contributed by atoms with van der Waals surface area (Å²) < 4.78 is 0.822. The Balaban J connectivity index is 2.58. The highest BCUT2D eigenvalue weighted by Crippen LogP contribution is 2.13. The predicted octanol–water partition coefficient (Wildman–Crippen LogP) is 2.69. The SMILES string of the molecule is CCN(CC)CC(C)Nc1cc(Br)nc(C)n1. The average Bonchev–Trinajstić information content (AvgIpc) is 2.24. The molecule has 0 aliphatic heterocycles. The molecule has 1 aromatic heterocycles. The minimum atomic E-state index is 0.371. The molecule has 1 aromatic rings. The summed E-state index contributed by atoms with van der Waals surface area (Å²) in [7, 11) is 0. The van der Waals surface area contributed by atoms with Crippen LogP contribution in [0.15, 0.2) is 10.7 Å². The van der Waals surface area contributed by atoms with Gasteiger partial charge in [0.2, 0.25) is 0 Å². The van der Waals surface area contributed by atoms with Gasteiger partial charge < -0.3 is 10.2 Å². The molecule has 5 heteroatoms. The molecule has 96 valence electrons. The van der Waals surface area contributed by atoms with Crippen LogP contribution in [0, 0.1) is 6.92 Å². The zero-order valence-corrected chi connectivity index (χ0v) is 12.6. The molecule has 0 bridgehead atoms. The Morgan fingerprint density at radius 2 is 2.00 bits per heavy atom. The van der Waals surface area contributed by atoms with Crippen molar-refractivity contribution >= 4 is 21.7 Å². The highest BCUT2D eigenvalue weighted by molar-refractivity contribution is 9.10. The zero-order valence-electron chi connectivity index (χ0n) is 11.0. The lowest BCUT2D eigenvalue weighted by molar-refractivity contribution is 0.294. The summed E-state index contributed by atoms with van der Waals surface area (Å²) in [5.41, 5.74) is 0. The predicted molar refractivity (Wildman–Crippen MR) is 75.3 cm³/mol. The molecule has 1 rings (SSSR count). The van der Waals surface area contributed by atoms with Crippen LogP contribution in [0.2, 0.25) is 0 Å². The maximum atomic E-state index is 4.36. The van der Waals surface area contributed by atoms with Crippen molar-refractivity contribution < 1.29 is 0 Å². The van der Waals surface area contributed by atoms with Gasteiger partial charge in [-0.3, -0.25) is 0 Å². The van der Waals surface area contributed by atoms with Crippen LogP contribution in [0.4, 0.5) is 5.82 Å². The van der Waals surface area contributed by atoms with Crippen molar-refractivity contribution in [1.29, 1.82) is 0 Å². The van der Waals surface area contributed by atoms with Crippen LogP contribution < -0.4 is 5.32 Å². The van der Waals surface area contributed by atoms with E-state index in [2.05, 4.69) is 56.9 Å². The van der Waals surface area contributed by atoms with E-state index in [0.717, 1.165) is 35.9 Å². The Labute approximate surface area is 112 Å². The second-order valence-corrected chi connectivity index (χ2v) is 4.97. The first kappa shape index (κ1) is 14.4.